The van der Waals surface area contributed by atoms with Crippen LogP contribution in [0.2, 0.25) is 19.6 Å². The molecular formula is C21H40BNO4Si. The summed E-state index contributed by atoms with van der Waals surface area (Å²) in [5, 5.41) is 0. The summed E-state index contributed by atoms with van der Waals surface area (Å²) < 4.78 is 19.2. The second kappa shape index (κ2) is 7.02. The van der Waals surface area contributed by atoms with Crippen molar-refractivity contribution in [3.63, 3.8) is 0 Å². The van der Waals surface area contributed by atoms with E-state index in [0.29, 0.717) is 17.3 Å². The average Bonchev–Trinajstić information content (AvgIpc) is 2.86. The van der Waals surface area contributed by atoms with Gasteiger partial charge in [0.1, 0.15) is 5.63 Å². The van der Waals surface area contributed by atoms with Crippen LogP contribution in [0.4, 0.5) is 4.79 Å². The summed E-state index contributed by atoms with van der Waals surface area (Å²) in [6, 6.07) is 0.182. The van der Waals surface area contributed by atoms with E-state index in [2.05, 4.69) is 40.4 Å². The Morgan fingerprint density at radius 2 is 1.68 bits per heavy atom. The van der Waals surface area contributed by atoms with Gasteiger partial charge >= 0.3 is 13.2 Å². The summed E-state index contributed by atoms with van der Waals surface area (Å²) in [4.78, 5) is 14.8. The number of amides is 1. The van der Waals surface area contributed by atoms with Crippen molar-refractivity contribution in [2.24, 2.45) is 17.3 Å². The Morgan fingerprint density at radius 3 is 2.14 bits per heavy atom. The number of carbonyl (C=O) groups is 1. The van der Waals surface area contributed by atoms with Crippen LogP contribution in [0.25, 0.3) is 0 Å². The highest BCUT2D eigenvalue weighted by molar-refractivity contribution is 6.86. The molecule has 0 radical (unpaired) electrons. The van der Waals surface area contributed by atoms with Crippen LogP contribution in [0.5, 0.6) is 0 Å². The van der Waals surface area contributed by atoms with Gasteiger partial charge in [-0.15, -0.1) is 0 Å². The van der Waals surface area contributed by atoms with Crippen LogP contribution in [0.15, 0.2) is 0 Å². The summed E-state index contributed by atoms with van der Waals surface area (Å²) in [5.41, 5.74) is -0.285. The van der Waals surface area contributed by atoms with Crippen molar-refractivity contribution >= 4 is 21.3 Å². The first kappa shape index (κ1) is 22.2. The first-order valence-corrected chi connectivity index (χ1v) is 14.6. The van der Waals surface area contributed by atoms with E-state index in [1.807, 2.05) is 27.7 Å². The molecule has 5 atom stereocenters. The number of nitrogens with zero attached hydrogens (tertiary/aromatic N) is 1. The van der Waals surface area contributed by atoms with Crippen molar-refractivity contribution in [3.8, 4) is 0 Å². The molecule has 1 heterocycles. The summed E-state index contributed by atoms with van der Waals surface area (Å²) in [6.07, 6.45) is 2.13. The third-order valence-corrected chi connectivity index (χ3v) is 9.72. The topological polar surface area (TPSA) is 48.0 Å². The molecule has 5 nitrogen and oxygen atoms in total. The fourth-order valence-electron chi connectivity index (χ4n) is 5.86. The third kappa shape index (κ3) is 3.45. The van der Waals surface area contributed by atoms with Gasteiger partial charge in [0, 0.05) is 12.1 Å². The highest BCUT2D eigenvalue weighted by Gasteiger charge is 2.69. The van der Waals surface area contributed by atoms with Gasteiger partial charge in [-0.05, 0) is 64.7 Å². The van der Waals surface area contributed by atoms with E-state index in [1.165, 1.54) is 6.42 Å². The molecule has 1 aliphatic heterocycles. The molecule has 0 aromatic heterocycles. The zero-order valence-corrected chi connectivity index (χ0v) is 20.5. The summed E-state index contributed by atoms with van der Waals surface area (Å²) in [7, 11) is -2.35. The van der Waals surface area contributed by atoms with Crippen molar-refractivity contribution in [2.45, 2.75) is 110 Å². The highest BCUT2D eigenvalue weighted by Crippen LogP contribution is 2.65. The molecule has 160 valence electrons. The molecule has 3 saturated carbocycles. The molecule has 0 unspecified atom stereocenters. The molecule has 1 saturated heterocycles. The van der Waals surface area contributed by atoms with Gasteiger partial charge in [0.15, 0.2) is 0 Å². The lowest BCUT2D eigenvalue weighted by Crippen LogP contribution is -2.65. The molecule has 4 fully saturated rings. The smallest absolute Gasteiger partial charge is 0.452 e. The SMILES string of the molecule is CC(C)N(C(=O)O[C@H](B1O[C@@H]2C[C@@H]3C[C@@H](C3(C)C)[C@]2(C)O1)[Si](C)(C)C)C(C)C. The van der Waals surface area contributed by atoms with E-state index in [-0.39, 0.29) is 35.5 Å². The van der Waals surface area contributed by atoms with Crippen LogP contribution >= 0.6 is 0 Å². The molecule has 0 N–H and O–H groups in total. The van der Waals surface area contributed by atoms with E-state index < -0.39 is 15.2 Å². The van der Waals surface area contributed by atoms with Gasteiger partial charge in [0.05, 0.1) is 19.8 Å². The van der Waals surface area contributed by atoms with E-state index in [4.69, 9.17) is 14.0 Å². The molecule has 0 aromatic carbocycles. The Labute approximate surface area is 173 Å². The Morgan fingerprint density at radius 1 is 1.11 bits per heavy atom. The quantitative estimate of drug-likeness (QED) is 0.615. The fourth-order valence-corrected chi connectivity index (χ4v) is 7.27. The summed E-state index contributed by atoms with van der Waals surface area (Å²) in [6.45, 7) is 21.7. The molecular weight excluding hydrogens is 369 g/mol. The van der Waals surface area contributed by atoms with E-state index in [1.54, 1.807) is 4.90 Å². The Balaban J connectivity index is 1.80. The van der Waals surface area contributed by atoms with Gasteiger partial charge in [0.2, 0.25) is 0 Å². The largest absolute Gasteiger partial charge is 0.497 e. The van der Waals surface area contributed by atoms with Gasteiger partial charge in [-0.3, -0.25) is 0 Å². The fraction of sp³-hybridized carbons (Fsp3) is 0.952. The number of ether oxygens (including phenoxy) is 1. The predicted molar refractivity (Wildman–Crippen MR) is 116 cm³/mol. The second-order valence-corrected chi connectivity index (χ2v) is 16.9. The van der Waals surface area contributed by atoms with Gasteiger partial charge < -0.3 is 18.9 Å². The lowest BCUT2D eigenvalue weighted by atomic mass is 9.43. The molecule has 4 aliphatic rings. The van der Waals surface area contributed by atoms with Crippen molar-refractivity contribution in [3.05, 3.63) is 0 Å². The van der Waals surface area contributed by atoms with Crippen LogP contribution < -0.4 is 0 Å². The van der Waals surface area contributed by atoms with Gasteiger partial charge in [-0.2, -0.15) is 0 Å². The van der Waals surface area contributed by atoms with E-state index in [9.17, 15) is 4.79 Å². The maximum Gasteiger partial charge on any atom is 0.497 e. The molecule has 1 amide bonds. The molecule has 3 aliphatic carbocycles. The molecule has 0 spiro atoms. The molecule has 0 aromatic rings. The first-order valence-electron chi connectivity index (χ1n) is 11.0. The van der Waals surface area contributed by atoms with E-state index in [0.717, 1.165) is 6.42 Å². The summed E-state index contributed by atoms with van der Waals surface area (Å²) in [5.74, 6) is 1.22. The van der Waals surface area contributed by atoms with Crippen LogP contribution in [0.3, 0.4) is 0 Å². The van der Waals surface area contributed by atoms with Gasteiger partial charge in [-0.25, -0.2) is 4.79 Å². The zero-order chi connectivity index (χ0) is 21.2. The highest BCUT2D eigenvalue weighted by atomic mass is 28.3. The number of hydrogen-bond acceptors (Lipinski definition) is 4. The standard InChI is InChI=1S/C21H40BNO4Si/c1-13(2)23(14(3)4)19(24)25-18(28(8,9)10)22-26-17-12-15-11-16(20(15,5)6)21(17,7)27-22/h13-18H,11-12H2,1-10H3/t15-,16-,17+,18-,21-/m0/s1. The Bertz CT molecular complexity index is 612. The average molecular weight is 409 g/mol. The van der Waals surface area contributed by atoms with Crippen LogP contribution in [0, 0.1) is 17.3 Å². The maximum atomic E-state index is 13.0. The van der Waals surface area contributed by atoms with Crippen LogP contribution in [-0.4, -0.2) is 55.6 Å². The molecule has 4 rings (SSSR count). The van der Waals surface area contributed by atoms with Gasteiger partial charge in [-0.1, -0.05) is 33.5 Å². The minimum atomic E-state index is -1.89. The number of carbonyl (C=O) groups excluding carboxylic acids is 1. The molecule has 28 heavy (non-hydrogen) atoms. The first-order chi connectivity index (χ1) is 12.7. The lowest BCUT2D eigenvalue weighted by Gasteiger charge is -2.64. The second-order valence-electron chi connectivity index (χ2n) is 11.6. The van der Waals surface area contributed by atoms with E-state index >= 15 is 0 Å². The summed E-state index contributed by atoms with van der Waals surface area (Å²) >= 11 is 0. The van der Waals surface area contributed by atoms with Crippen molar-refractivity contribution in [1.82, 2.24) is 4.90 Å². The monoisotopic (exact) mass is 409 g/mol. The van der Waals surface area contributed by atoms with Crippen molar-refractivity contribution in [2.75, 3.05) is 0 Å². The molecule has 2 bridgehead atoms. The van der Waals surface area contributed by atoms with Gasteiger partial charge in [0.25, 0.3) is 0 Å². The van der Waals surface area contributed by atoms with Crippen LogP contribution in [0.1, 0.15) is 61.3 Å². The lowest BCUT2D eigenvalue weighted by molar-refractivity contribution is -0.199. The van der Waals surface area contributed by atoms with Crippen LogP contribution in [-0.2, 0) is 14.0 Å². The number of hydrogen-bond donors (Lipinski definition) is 0. The Hall–Kier alpha value is -0.528. The van der Waals surface area contributed by atoms with Crippen molar-refractivity contribution in [1.29, 1.82) is 0 Å². The zero-order valence-electron chi connectivity index (χ0n) is 19.5. The number of rotatable bonds is 5. The Kier molecular flexibility index (Phi) is 5.55. The van der Waals surface area contributed by atoms with Crippen molar-refractivity contribution < 1.29 is 18.8 Å². The maximum absolute atomic E-state index is 13.0. The third-order valence-electron chi connectivity index (χ3n) is 7.62. The minimum Gasteiger partial charge on any atom is -0.452 e. The normalized spacial score (nSPS) is 34.9. The predicted octanol–water partition coefficient (Wildman–Crippen LogP) is 4.76. The minimum absolute atomic E-state index is 0.0910. The molecule has 7 heteroatoms.